The number of hydrogen-bond donors (Lipinski definition) is 1. The number of fused-ring (bicyclic) bond motifs is 2. The average Bonchev–Trinajstić information content (AvgIpc) is 2.89. The van der Waals surface area contributed by atoms with Crippen molar-refractivity contribution >= 4 is 11.9 Å². The van der Waals surface area contributed by atoms with Crippen molar-refractivity contribution in [2.45, 2.75) is 65.3 Å². The Labute approximate surface area is 149 Å². The van der Waals surface area contributed by atoms with Gasteiger partial charge in [-0.05, 0) is 32.6 Å². The standard InChI is InChI=1S/C20H28O5/c1-6-10(2)18(22)25-15-8-16(21)20(5)9-13-12(4)19(23)24-14(13)7-11(3)17(15)20/h6,11,13-17,21H,4,7-9H2,1-3,5H3/b10-6-/t11-,13-,14+,15+,16-,17-,20-/m1/s1. The smallest absolute Gasteiger partial charge is 0.334 e. The topological polar surface area (TPSA) is 72.8 Å². The van der Waals surface area contributed by atoms with Gasteiger partial charge >= 0.3 is 11.9 Å². The highest BCUT2D eigenvalue weighted by molar-refractivity contribution is 5.90. The Morgan fingerprint density at radius 2 is 2.12 bits per heavy atom. The van der Waals surface area contributed by atoms with Crippen LogP contribution < -0.4 is 0 Å². The first kappa shape index (κ1) is 18.2. The molecule has 1 aliphatic heterocycles. The van der Waals surface area contributed by atoms with E-state index in [-0.39, 0.29) is 41.9 Å². The van der Waals surface area contributed by atoms with Crippen LogP contribution in [0.4, 0.5) is 0 Å². The van der Waals surface area contributed by atoms with Crippen molar-refractivity contribution in [3.63, 3.8) is 0 Å². The van der Waals surface area contributed by atoms with E-state index in [1.165, 1.54) is 0 Å². The molecular formula is C20H28O5. The first-order chi connectivity index (χ1) is 11.7. The maximum absolute atomic E-state index is 12.2. The summed E-state index contributed by atoms with van der Waals surface area (Å²) in [7, 11) is 0. The van der Waals surface area contributed by atoms with E-state index < -0.39 is 11.5 Å². The van der Waals surface area contributed by atoms with Gasteiger partial charge in [0.1, 0.15) is 12.2 Å². The van der Waals surface area contributed by atoms with E-state index in [0.717, 1.165) is 0 Å². The summed E-state index contributed by atoms with van der Waals surface area (Å²) in [5, 5.41) is 10.8. The van der Waals surface area contributed by atoms with Gasteiger partial charge in [0.25, 0.3) is 0 Å². The molecular weight excluding hydrogens is 320 g/mol. The van der Waals surface area contributed by atoms with Crippen molar-refractivity contribution in [3.8, 4) is 0 Å². The van der Waals surface area contributed by atoms with Gasteiger partial charge < -0.3 is 14.6 Å². The number of carbonyl (C=O) groups is 2. The molecule has 1 saturated heterocycles. The lowest BCUT2D eigenvalue weighted by atomic mass is 9.69. The van der Waals surface area contributed by atoms with Crippen molar-refractivity contribution < 1.29 is 24.2 Å². The van der Waals surface area contributed by atoms with Crippen molar-refractivity contribution in [2.24, 2.45) is 23.2 Å². The van der Waals surface area contributed by atoms with Gasteiger partial charge in [-0.15, -0.1) is 0 Å². The Morgan fingerprint density at radius 1 is 1.44 bits per heavy atom. The zero-order chi connectivity index (χ0) is 18.5. The van der Waals surface area contributed by atoms with Gasteiger partial charge in [0.2, 0.25) is 0 Å². The summed E-state index contributed by atoms with van der Waals surface area (Å²) in [5.41, 5.74) is 0.657. The van der Waals surface area contributed by atoms with Gasteiger partial charge in [0.15, 0.2) is 0 Å². The Morgan fingerprint density at radius 3 is 2.76 bits per heavy atom. The van der Waals surface area contributed by atoms with Crippen LogP contribution in [0.3, 0.4) is 0 Å². The highest BCUT2D eigenvalue weighted by Gasteiger charge is 2.60. The summed E-state index contributed by atoms with van der Waals surface area (Å²) < 4.78 is 11.3. The van der Waals surface area contributed by atoms with Crippen LogP contribution in [0.1, 0.15) is 47.0 Å². The first-order valence-electron chi connectivity index (χ1n) is 9.10. The van der Waals surface area contributed by atoms with Crippen LogP contribution in [0.25, 0.3) is 0 Å². The molecule has 5 heteroatoms. The largest absolute Gasteiger partial charge is 0.459 e. The molecule has 0 amide bonds. The summed E-state index contributed by atoms with van der Waals surface area (Å²) >= 11 is 0. The van der Waals surface area contributed by atoms with Gasteiger partial charge in [-0.1, -0.05) is 26.5 Å². The average molecular weight is 348 g/mol. The van der Waals surface area contributed by atoms with E-state index in [1.807, 2.05) is 6.92 Å². The summed E-state index contributed by atoms with van der Waals surface area (Å²) in [5.74, 6) is -0.501. The minimum absolute atomic E-state index is 0.0354. The van der Waals surface area contributed by atoms with Gasteiger partial charge in [0, 0.05) is 34.8 Å². The monoisotopic (exact) mass is 348 g/mol. The van der Waals surface area contributed by atoms with Crippen molar-refractivity contribution in [2.75, 3.05) is 0 Å². The molecule has 3 fully saturated rings. The van der Waals surface area contributed by atoms with Gasteiger partial charge in [-0.25, -0.2) is 9.59 Å². The lowest BCUT2D eigenvalue weighted by molar-refractivity contribution is -0.148. The number of ether oxygens (including phenoxy) is 2. The lowest BCUT2D eigenvalue weighted by Gasteiger charge is -2.38. The van der Waals surface area contributed by atoms with Gasteiger partial charge in [-0.2, -0.15) is 0 Å². The molecule has 0 aromatic heterocycles. The molecule has 25 heavy (non-hydrogen) atoms. The van der Waals surface area contributed by atoms with Gasteiger partial charge in [0.05, 0.1) is 6.10 Å². The number of esters is 2. The molecule has 0 radical (unpaired) electrons. The number of rotatable bonds is 2. The van der Waals surface area contributed by atoms with Crippen LogP contribution in [0, 0.1) is 23.2 Å². The number of aliphatic hydroxyl groups is 1. The van der Waals surface area contributed by atoms with E-state index in [9.17, 15) is 14.7 Å². The number of hydrogen-bond acceptors (Lipinski definition) is 5. The third-order valence-electron chi connectivity index (χ3n) is 6.69. The molecule has 1 heterocycles. The van der Waals surface area contributed by atoms with Crippen LogP contribution in [0.15, 0.2) is 23.8 Å². The van der Waals surface area contributed by atoms with E-state index in [1.54, 1.807) is 19.9 Å². The fourth-order valence-electron chi connectivity index (χ4n) is 5.17. The fourth-order valence-corrected chi connectivity index (χ4v) is 5.17. The minimum atomic E-state index is -0.578. The zero-order valence-electron chi connectivity index (χ0n) is 15.5. The summed E-state index contributed by atoms with van der Waals surface area (Å²) in [6.07, 6.45) is 2.43. The van der Waals surface area contributed by atoms with Crippen LogP contribution in [-0.4, -0.2) is 35.4 Å². The summed E-state index contributed by atoms with van der Waals surface area (Å²) in [4.78, 5) is 24.1. The maximum atomic E-state index is 12.2. The highest BCUT2D eigenvalue weighted by atomic mass is 16.6. The second-order valence-electron chi connectivity index (χ2n) is 8.19. The predicted octanol–water partition coefficient (Wildman–Crippen LogP) is 2.78. The maximum Gasteiger partial charge on any atom is 0.334 e. The van der Waals surface area contributed by atoms with E-state index in [0.29, 0.717) is 30.4 Å². The Balaban J connectivity index is 1.89. The minimum Gasteiger partial charge on any atom is -0.459 e. The summed E-state index contributed by atoms with van der Waals surface area (Å²) in [6.45, 7) is 11.6. The molecule has 0 unspecified atom stereocenters. The van der Waals surface area contributed by atoms with Gasteiger partial charge in [-0.3, -0.25) is 0 Å². The molecule has 0 aromatic carbocycles. The lowest BCUT2D eigenvalue weighted by Crippen LogP contribution is -2.39. The van der Waals surface area contributed by atoms with E-state index >= 15 is 0 Å². The Hall–Kier alpha value is -1.62. The second kappa shape index (κ2) is 6.27. The van der Waals surface area contributed by atoms with Crippen molar-refractivity contribution in [1.82, 2.24) is 0 Å². The first-order valence-corrected chi connectivity index (χ1v) is 9.10. The van der Waals surface area contributed by atoms with Crippen molar-refractivity contribution in [3.05, 3.63) is 23.8 Å². The molecule has 3 aliphatic rings. The molecule has 0 aromatic rings. The molecule has 138 valence electrons. The Kier molecular flexibility index (Phi) is 4.56. The third-order valence-corrected chi connectivity index (χ3v) is 6.69. The summed E-state index contributed by atoms with van der Waals surface area (Å²) in [6, 6.07) is 0. The molecule has 7 atom stereocenters. The van der Waals surface area contributed by atoms with Crippen LogP contribution in [0.5, 0.6) is 0 Å². The molecule has 2 aliphatic carbocycles. The van der Waals surface area contributed by atoms with Crippen LogP contribution >= 0.6 is 0 Å². The van der Waals surface area contributed by atoms with Crippen LogP contribution in [0.2, 0.25) is 0 Å². The quantitative estimate of drug-likeness (QED) is 0.614. The third kappa shape index (κ3) is 2.82. The Bertz CT molecular complexity index is 636. The second-order valence-corrected chi connectivity index (χ2v) is 8.19. The fraction of sp³-hybridized carbons (Fsp3) is 0.700. The number of aliphatic hydroxyl groups excluding tert-OH is 1. The molecule has 2 saturated carbocycles. The molecule has 1 N–H and O–H groups in total. The highest BCUT2D eigenvalue weighted by Crippen LogP contribution is 2.57. The SMILES string of the molecule is C=C1C(=O)O[C@H]2C[C@@H](C)[C@@H]3[C@@H](OC(=O)/C(C)=C\C)C[C@@H](O)[C@@]3(C)C[C@H]12. The zero-order valence-corrected chi connectivity index (χ0v) is 15.5. The normalized spacial score (nSPS) is 44.0. The molecule has 0 spiro atoms. The van der Waals surface area contributed by atoms with Crippen LogP contribution in [-0.2, 0) is 19.1 Å². The number of allylic oxidation sites excluding steroid dienone is 1. The molecule has 0 bridgehead atoms. The van der Waals surface area contributed by atoms with Crippen molar-refractivity contribution in [1.29, 1.82) is 0 Å². The number of carbonyl (C=O) groups excluding carboxylic acids is 2. The van der Waals surface area contributed by atoms with E-state index in [2.05, 4.69) is 13.5 Å². The molecule has 5 nitrogen and oxygen atoms in total. The predicted molar refractivity (Wildman–Crippen MR) is 92.4 cm³/mol. The molecule has 3 rings (SSSR count). The van der Waals surface area contributed by atoms with E-state index in [4.69, 9.17) is 9.47 Å².